The third-order valence-corrected chi connectivity index (χ3v) is 5.30. The summed E-state index contributed by atoms with van der Waals surface area (Å²) in [5.74, 6) is 2.39. The highest BCUT2D eigenvalue weighted by Gasteiger charge is 2.37. The summed E-state index contributed by atoms with van der Waals surface area (Å²) in [6, 6.07) is 10.5. The first-order chi connectivity index (χ1) is 12.3. The predicted octanol–water partition coefficient (Wildman–Crippen LogP) is 2.86. The Labute approximate surface area is 148 Å². The van der Waals surface area contributed by atoms with E-state index in [0.717, 1.165) is 31.6 Å². The van der Waals surface area contributed by atoms with Crippen molar-refractivity contribution in [2.75, 3.05) is 13.1 Å². The number of urea groups is 1. The fourth-order valence-corrected chi connectivity index (χ4v) is 3.76. The summed E-state index contributed by atoms with van der Waals surface area (Å²) >= 11 is 0. The summed E-state index contributed by atoms with van der Waals surface area (Å²) in [5, 5.41) is 5.95. The molecule has 5 heteroatoms. The molecule has 5 nitrogen and oxygen atoms in total. The molecule has 4 rings (SSSR count). The van der Waals surface area contributed by atoms with Gasteiger partial charge >= 0.3 is 6.03 Å². The van der Waals surface area contributed by atoms with Gasteiger partial charge in [-0.15, -0.1) is 0 Å². The second-order valence-corrected chi connectivity index (χ2v) is 7.20. The molecular weight excluding hydrogens is 312 g/mol. The number of nitrogens with one attached hydrogen (secondary N) is 2. The summed E-state index contributed by atoms with van der Waals surface area (Å²) in [6.45, 7) is 2.47. The molecule has 1 aliphatic carbocycles. The summed E-state index contributed by atoms with van der Waals surface area (Å²) in [4.78, 5) is 16.6. The maximum atomic E-state index is 12.0. The van der Waals surface area contributed by atoms with Gasteiger partial charge in [-0.05, 0) is 36.7 Å². The Hall–Kier alpha value is -2.30. The zero-order valence-corrected chi connectivity index (χ0v) is 14.6. The molecule has 2 unspecified atom stereocenters. The van der Waals surface area contributed by atoms with Crippen LogP contribution in [0.3, 0.4) is 0 Å². The van der Waals surface area contributed by atoms with Crippen LogP contribution in [0.1, 0.15) is 42.3 Å². The molecule has 2 aromatic rings. The van der Waals surface area contributed by atoms with Gasteiger partial charge in [-0.3, -0.25) is 0 Å². The number of benzene rings is 1. The number of carbonyl (C=O) groups is 1. The number of imidazole rings is 1. The van der Waals surface area contributed by atoms with Gasteiger partial charge in [0.15, 0.2) is 0 Å². The highest BCUT2D eigenvalue weighted by Crippen LogP contribution is 2.46. The third kappa shape index (κ3) is 4.03. The molecule has 0 radical (unpaired) electrons. The number of fused-ring (bicyclic) bond motifs is 1. The van der Waals surface area contributed by atoms with E-state index in [0.29, 0.717) is 18.4 Å². The van der Waals surface area contributed by atoms with Gasteiger partial charge in [0.2, 0.25) is 0 Å². The molecule has 0 spiro atoms. The number of hydrogen-bond donors (Lipinski definition) is 2. The molecule has 2 aliphatic rings. The number of aromatic nitrogens is 2. The molecule has 2 heterocycles. The zero-order valence-electron chi connectivity index (χ0n) is 14.6. The van der Waals surface area contributed by atoms with Crippen LogP contribution in [0.4, 0.5) is 4.79 Å². The van der Waals surface area contributed by atoms with Gasteiger partial charge in [0.25, 0.3) is 0 Å². The molecule has 2 N–H and O–H groups in total. The third-order valence-electron chi connectivity index (χ3n) is 5.30. The Balaban J connectivity index is 1.15. The van der Waals surface area contributed by atoms with Crippen LogP contribution in [0.2, 0.25) is 0 Å². The van der Waals surface area contributed by atoms with Crippen molar-refractivity contribution in [1.29, 1.82) is 0 Å². The van der Waals surface area contributed by atoms with Crippen LogP contribution in [0.15, 0.2) is 36.5 Å². The lowest BCUT2D eigenvalue weighted by Crippen LogP contribution is -2.37. The second kappa shape index (κ2) is 7.30. The molecule has 2 atom stereocenters. The van der Waals surface area contributed by atoms with Crippen LogP contribution in [0.5, 0.6) is 0 Å². The van der Waals surface area contributed by atoms with E-state index in [4.69, 9.17) is 0 Å². The van der Waals surface area contributed by atoms with E-state index >= 15 is 0 Å². The summed E-state index contributed by atoms with van der Waals surface area (Å²) < 4.78 is 2.26. The van der Waals surface area contributed by atoms with Crippen LogP contribution in [-0.4, -0.2) is 28.7 Å². The summed E-state index contributed by atoms with van der Waals surface area (Å²) in [6.07, 6.45) is 7.67. The Morgan fingerprint density at radius 2 is 2.08 bits per heavy atom. The van der Waals surface area contributed by atoms with E-state index < -0.39 is 0 Å². The first-order valence-corrected chi connectivity index (χ1v) is 9.41. The molecule has 2 amide bonds. The number of amides is 2. The normalized spacial score (nSPS) is 21.4. The summed E-state index contributed by atoms with van der Waals surface area (Å²) in [7, 11) is 0. The van der Waals surface area contributed by atoms with Gasteiger partial charge < -0.3 is 15.2 Å². The van der Waals surface area contributed by atoms with Gasteiger partial charge in [0.05, 0.1) is 5.69 Å². The van der Waals surface area contributed by atoms with E-state index in [1.807, 2.05) is 6.07 Å². The van der Waals surface area contributed by atoms with Crippen molar-refractivity contribution in [3.05, 3.63) is 53.6 Å². The van der Waals surface area contributed by atoms with Crippen molar-refractivity contribution >= 4 is 6.03 Å². The topological polar surface area (TPSA) is 59.0 Å². The maximum Gasteiger partial charge on any atom is 0.314 e. The zero-order chi connectivity index (χ0) is 17.1. The van der Waals surface area contributed by atoms with Crippen molar-refractivity contribution < 1.29 is 4.79 Å². The lowest BCUT2D eigenvalue weighted by Gasteiger charge is -2.11. The van der Waals surface area contributed by atoms with Gasteiger partial charge in [-0.25, -0.2) is 9.78 Å². The number of carbonyl (C=O) groups excluding carboxylic acids is 1. The number of hydrogen-bond acceptors (Lipinski definition) is 2. The molecule has 1 aromatic heterocycles. The fourth-order valence-electron chi connectivity index (χ4n) is 3.76. The van der Waals surface area contributed by atoms with Gasteiger partial charge in [-0.1, -0.05) is 30.3 Å². The van der Waals surface area contributed by atoms with Gasteiger partial charge in [0.1, 0.15) is 5.82 Å². The summed E-state index contributed by atoms with van der Waals surface area (Å²) in [5.41, 5.74) is 2.47. The number of aryl methyl sites for hydroxylation is 2. The molecule has 1 fully saturated rings. The Morgan fingerprint density at radius 1 is 1.20 bits per heavy atom. The average Bonchev–Trinajstić information content (AvgIpc) is 3.31. The minimum Gasteiger partial charge on any atom is -0.338 e. The Kier molecular flexibility index (Phi) is 4.72. The molecule has 132 valence electrons. The number of rotatable bonds is 6. The predicted molar refractivity (Wildman–Crippen MR) is 97.6 cm³/mol. The van der Waals surface area contributed by atoms with E-state index in [2.05, 4.69) is 50.6 Å². The molecule has 1 aliphatic heterocycles. The van der Waals surface area contributed by atoms with Crippen molar-refractivity contribution in [1.82, 2.24) is 20.2 Å². The molecular formula is C20H26N4O. The van der Waals surface area contributed by atoms with E-state index in [1.165, 1.54) is 30.7 Å². The van der Waals surface area contributed by atoms with E-state index in [-0.39, 0.29) is 6.03 Å². The van der Waals surface area contributed by atoms with Crippen LogP contribution in [0, 0.1) is 5.92 Å². The van der Waals surface area contributed by atoms with Crippen molar-refractivity contribution in [2.24, 2.45) is 5.92 Å². The largest absolute Gasteiger partial charge is 0.338 e. The standard InChI is InChI=1S/C20H26N4O/c25-20(22-13-16-12-18(16)15-6-2-1-3-7-15)21-10-9-17-14-24-11-5-4-8-19(24)23-17/h1-3,6-7,14,16,18H,4-5,8-13H2,(H2,21,22,25). The highest BCUT2D eigenvalue weighted by atomic mass is 16.2. The fraction of sp³-hybridized carbons (Fsp3) is 0.500. The first kappa shape index (κ1) is 16.2. The molecule has 0 saturated heterocycles. The molecule has 1 saturated carbocycles. The lowest BCUT2D eigenvalue weighted by atomic mass is 10.1. The molecule has 25 heavy (non-hydrogen) atoms. The van der Waals surface area contributed by atoms with Crippen molar-refractivity contribution in [2.45, 2.75) is 44.6 Å². The maximum absolute atomic E-state index is 12.0. The average molecular weight is 338 g/mol. The Morgan fingerprint density at radius 3 is 2.92 bits per heavy atom. The highest BCUT2D eigenvalue weighted by molar-refractivity contribution is 5.73. The smallest absolute Gasteiger partial charge is 0.314 e. The van der Waals surface area contributed by atoms with Crippen LogP contribution < -0.4 is 10.6 Å². The second-order valence-electron chi connectivity index (χ2n) is 7.20. The number of nitrogens with zero attached hydrogens (tertiary/aromatic N) is 2. The van der Waals surface area contributed by atoms with Crippen molar-refractivity contribution in [3.63, 3.8) is 0 Å². The van der Waals surface area contributed by atoms with Gasteiger partial charge in [0, 0.05) is 38.7 Å². The van der Waals surface area contributed by atoms with Crippen molar-refractivity contribution in [3.8, 4) is 0 Å². The SMILES string of the molecule is O=C(NCCc1cn2c(n1)CCCC2)NCC1CC1c1ccccc1. The molecule has 1 aromatic carbocycles. The van der Waals surface area contributed by atoms with Crippen LogP contribution >= 0.6 is 0 Å². The van der Waals surface area contributed by atoms with Crippen LogP contribution in [-0.2, 0) is 19.4 Å². The van der Waals surface area contributed by atoms with Crippen LogP contribution in [0.25, 0.3) is 0 Å². The van der Waals surface area contributed by atoms with E-state index in [9.17, 15) is 4.79 Å². The van der Waals surface area contributed by atoms with E-state index in [1.54, 1.807) is 0 Å². The lowest BCUT2D eigenvalue weighted by molar-refractivity contribution is 0.240. The molecule has 0 bridgehead atoms. The Bertz CT molecular complexity index is 701. The quantitative estimate of drug-likeness (QED) is 0.851. The monoisotopic (exact) mass is 338 g/mol. The minimum atomic E-state index is -0.0670. The first-order valence-electron chi connectivity index (χ1n) is 9.41. The van der Waals surface area contributed by atoms with Gasteiger partial charge in [-0.2, -0.15) is 0 Å². The minimum absolute atomic E-state index is 0.0670.